The van der Waals surface area contributed by atoms with Gasteiger partial charge in [0.1, 0.15) is 5.69 Å². The Bertz CT molecular complexity index is 358. The summed E-state index contributed by atoms with van der Waals surface area (Å²) in [6, 6.07) is 4.05. The van der Waals surface area contributed by atoms with E-state index in [0.29, 0.717) is 0 Å². The third-order valence-electron chi connectivity index (χ3n) is 2.93. The van der Waals surface area contributed by atoms with Crippen LogP contribution in [-0.4, -0.2) is 41.1 Å². The molecule has 0 aliphatic carbocycles. The smallest absolute Gasteiger partial charge is 0.270 e. The highest BCUT2D eigenvalue weighted by atomic mass is 16.2. The fourth-order valence-electron chi connectivity index (χ4n) is 1.97. The van der Waals surface area contributed by atoms with Crippen LogP contribution in [0.3, 0.4) is 0 Å². The first-order valence-electron chi connectivity index (χ1n) is 5.33. The fraction of sp³-hybridized carbons (Fsp3) is 0.545. The molecule has 4 heteroatoms. The Kier molecular flexibility index (Phi) is 2.77. The number of aromatic nitrogens is 1. The molecule has 1 fully saturated rings. The summed E-state index contributed by atoms with van der Waals surface area (Å²) >= 11 is 0. The Hall–Kier alpha value is -1.29. The largest absolute Gasteiger partial charge is 0.347 e. The molecule has 0 radical (unpaired) electrons. The molecule has 0 bridgehead atoms. The van der Waals surface area contributed by atoms with Crippen LogP contribution in [0.4, 0.5) is 0 Å². The molecule has 1 aromatic rings. The Morgan fingerprint density at radius 3 is 3.00 bits per heavy atom. The zero-order valence-electron chi connectivity index (χ0n) is 9.23. The molecule has 0 saturated carbocycles. The molecule has 82 valence electrons. The maximum absolute atomic E-state index is 12.2. The van der Waals surface area contributed by atoms with Crippen molar-refractivity contribution in [3.05, 3.63) is 24.0 Å². The van der Waals surface area contributed by atoms with E-state index in [-0.39, 0.29) is 11.9 Å². The summed E-state index contributed by atoms with van der Waals surface area (Å²) in [4.78, 5) is 14.1. The minimum Gasteiger partial charge on any atom is -0.347 e. The lowest BCUT2D eigenvalue weighted by Crippen LogP contribution is -2.52. The second-order valence-corrected chi connectivity index (χ2v) is 4.06. The van der Waals surface area contributed by atoms with E-state index >= 15 is 0 Å². The topological polar surface area (TPSA) is 37.3 Å². The molecule has 1 aliphatic rings. The van der Waals surface area contributed by atoms with Gasteiger partial charge >= 0.3 is 0 Å². The maximum atomic E-state index is 12.2. The minimum atomic E-state index is 0.136. The first-order chi connectivity index (χ1) is 7.20. The summed E-state index contributed by atoms with van der Waals surface area (Å²) in [7, 11) is 1.90. The highest BCUT2D eigenvalue weighted by molar-refractivity contribution is 5.93. The molecular weight excluding hydrogens is 190 g/mol. The predicted molar refractivity (Wildman–Crippen MR) is 58.8 cm³/mol. The quantitative estimate of drug-likeness (QED) is 0.726. The van der Waals surface area contributed by atoms with E-state index in [0.717, 1.165) is 25.3 Å². The first kappa shape index (κ1) is 10.2. The number of carbonyl (C=O) groups excluding carboxylic acids is 1. The van der Waals surface area contributed by atoms with E-state index in [1.165, 1.54) is 0 Å². The number of hydrogen-bond acceptors (Lipinski definition) is 2. The van der Waals surface area contributed by atoms with E-state index in [2.05, 4.69) is 12.2 Å². The first-order valence-corrected chi connectivity index (χ1v) is 5.33. The third-order valence-corrected chi connectivity index (χ3v) is 2.93. The van der Waals surface area contributed by atoms with Gasteiger partial charge in [0.25, 0.3) is 5.91 Å². The lowest BCUT2D eigenvalue weighted by atomic mass is 10.2. The van der Waals surface area contributed by atoms with Gasteiger partial charge < -0.3 is 14.8 Å². The van der Waals surface area contributed by atoms with Crippen LogP contribution in [0.2, 0.25) is 0 Å². The van der Waals surface area contributed by atoms with Crippen molar-refractivity contribution in [2.75, 3.05) is 19.6 Å². The van der Waals surface area contributed by atoms with Crippen LogP contribution >= 0.6 is 0 Å². The number of aryl methyl sites for hydroxylation is 1. The monoisotopic (exact) mass is 207 g/mol. The lowest BCUT2D eigenvalue weighted by Gasteiger charge is -2.34. The molecule has 2 rings (SSSR count). The SMILES string of the molecule is C[C@@H]1CNCCN1C(=O)c1cccn1C. The maximum Gasteiger partial charge on any atom is 0.270 e. The summed E-state index contributed by atoms with van der Waals surface area (Å²) in [6.07, 6.45) is 1.90. The minimum absolute atomic E-state index is 0.136. The molecule has 1 N–H and O–H groups in total. The van der Waals surface area contributed by atoms with Crippen LogP contribution < -0.4 is 5.32 Å². The van der Waals surface area contributed by atoms with Gasteiger partial charge in [-0.1, -0.05) is 0 Å². The number of piperazine rings is 1. The highest BCUT2D eigenvalue weighted by Gasteiger charge is 2.24. The van der Waals surface area contributed by atoms with Gasteiger partial charge in [0.15, 0.2) is 0 Å². The molecular formula is C11H17N3O. The van der Waals surface area contributed by atoms with Crippen molar-refractivity contribution in [1.82, 2.24) is 14.8 Å². The molecule has 1 atom stereocenters. The van der Waals surface area contributed by atoms with Crippen LogP contribution in [0.1, 0.15) is 17.4 Å². The van der Waals surface area contributed by atoms with Crippen molar-refractivity contribution in [1.29, 1.82) is 0 Å². The highest BCUT2D eigenvalue weighted by Crippen LogP contribution is 2.10. The summed E-state index contributed by atoms with van der Waals surface area (Å²) in [5.41, 5.74) is 0.767. The third kappa shape index (κ3) is 1.90. The van der Waals surface area contributed by atoms with Gasteiger partial charge in [-0.05, 0) is 19.1 Å². The van der Waals surface area contributed by atoms with Crippen molar-refractivity contribution in [3.63, 3.8) is 0 Å². The van der Waals surface area contributed by atoms with Crippen LogP contribution in [-0.2, 0) is 7.05 Å². The zero-order valence-corrected chi connectivity index (χ0v) is 9.23. The Morgan fingerprint density at radius 1 is 1.60 bits per heavy atom. The van der Waals surface area contributed by atoms with E-state index in [4.69, 9.17) is 0 Å². The molecule has 0 unspecified atom stereocenters. The van der Waals surface area contributed by atoms with Crippen molar-refractivity contribution in [2.24, 2.45) is 7.05 Å². The standard InChI is InChI=1S/C11H17N3O/c1-9-8-12-5-7-14(9)11(15)10-4-3-6-13(10)2/h3-4,6,9,12H,5,7-8H2,1-2H3/t9-/m1/s1. The van der Waals surface area contributed by atoms with Crippen LogP contribution in [0, 0.1) is 0 Å². The van der Waals surface area contributed by atoms with E-state index in [1.54, 1.807) is 0 Å². The van der Waals surface area contributed by atoms with Crippen molar-refractivity contribution in [3.8, 4) is 0 Å². The lowest BCUT2D eigenvalue weighted by molar-refractivity contribution is 0.0646. The van der Waals surface area contributed by atoms with Gasteiger partial charge in [0.2, 0.25) is 0 Å². The number of nitrogens with one attached hydrogen (secondary N) is 1. The van der Waals surface area contributed by atoms with E-state index in [9.17, 15) is 4.79 Å². The molecule has 0 aromatic carbocycles. The molecule has 2 heterocycles. The van der Waals surface area contributed by atoms with Gasteiger partial charge in [0, 0.05) is 38.9 Å². The number of hydrogen-bond donors (Lipinski definition) is 1. The fourth-order valence-corrected chi connectivity index (χ4v) is 1.97. The number of amides is 1. The van der Waals surface area contributed by atoms with Gasteiger partial charge in [-0.3, -0.25) is 4.79 Å². The van der Waals surface area contributed by atoms with Gasteiger partial charge in [-0.15, -0.1) is 0 Å². The molecule has 4 nitrogen and oxygen atoms in total. The summed E-state index contributed by atoms with van der Waals surface area (Å²) in [5.74, 6) is 0.136. The summed E-state index contributed by atoms with van der Waals surface area (Å²) in [6.45, 7) is 4.65. The Labute approximate surface area is 89.9 Å². The average molecular weight is 207 g/mol. The van der Waals surface area contributed by atoms with Gasteiger partial charge in [0.05, 0.1) is 0 Å². The van der Waals surface area contributed by atoms with E-state index < -0.39 is 0 Å². The van der Waals surface area contributed by atoms with Crippen molar-refractivity contribution < 1.29 is 4.79 Å². The molecule has 1 aliphatic heterocycles. The second-order valence-electron chi connectivity index (χ2n) is 4.06. The normalized spacial score (nSPS) is 21.7. The molecule has 1 aromatic heterocycles. The second kappa shape index (κ2) is 4.06. The molecule has 1 saturated heterocycles. The van der Waals surface area contributed by atoms with Crippen LogP contribution in [0.5, 0.6) is 0 Å². The summed E-state index contributed by atoms with van der Waals surface area (Å²) in [5, 5.41) is 3.28. The van der Waals surface area contributed by atoms with Crippen LogP contribution in [0.15, 0.2) is 18.3 Å². The number of rotatable bonds is 1. The predicted octanol–water partition coefficient (Wildman–Crippen LogP) is 0.459. The van der Waals surface area contributed by atoms with E-state index in [1.807, 2.05) is 34.8 Å². The molecule has 1 amide bonds. The average Bonchev–Trinajstić information content (AvgIpc) is 2.64. The van der Waals surface area contributed by atoms with Gasteiger partial charge in [-0.25, -0.2) is 0 Å². The molecule has 0 spiro atoms. The Morgan fingerprint density at radius 2 is 2.40 bits per heavy atom. The van der Waals surface area contributed by atoms with Crippen molar-refractivity contribution in [2.45, 2.75) is 13.0 Å². The number of carbonyl (C=O) groups is 1. The summed E-state index contributed by atoms with van der Waals surface area (Å²) < 4.78 is 1.87. The zero-order chi connectivity index (χ0) is 10.8. The van der Waals surface area contributed by atoms with Crippen LogP contribution in [0.25, 0.3) is 0 Å². The van der Waals surface area contributed by atoms with Gasteiger partial charge in [-0.2, -0.15) is 0 Å². The van der Waals surface area contributed by atoms with Crippen molar-refractivity contribution >= 4 is 5.91 Å². The molecule has 15 heavy (non-hydrogen) atoms. The number of nitrogens with zero attached hydrogens (tertiary/aromatic N) is 2. The Balaban J connectivity index is 2.17.